The van der Waals surface area contributed by atoms with Crippen molar-refractivity contribution >= 4 is 29.1 Å². The van der Waals surface area contributed by atoms with E-state index < -0.39 is 6.10 Å². The average Bonchev–Trinajstić information content (AvgIpc) is 2.45. The molecule has 1 heterocycles. The van der Waals surface area contributed by atoms with E-state index in [1.807, 2.05) is 0 Å². The number of aromatic nitrogens is 1. The molecule has 0 radical (unpaired) electrons. The fourth-order valence-corrected chi connectivity index (χ4v) is 2.37. The van der Waals surface area contributed by atoms with Crippen molar-refractivity contribution in [3.05, 3.63) is 63.9 Å². The first-order chi connectivity index (χ1) is 9.59. The number of halogens is 2. The van der Waals surface area contributed by atoms with Crippen LogP contribution in [0.15, 0.2) is 42.7 Å². The number of aliphatic hydroxyl groups excluding tert-OH is 1. The van der Waals surface area contributed by atoms with Gasteiger partial charge < -0.3 is 10.4 Å². The number of aliphatic hydroxyl groups is 1. The molecular weight excluding hydrogens is 299 g/mol. The van der Waals surface area contributed by atoms with Gasteiger partial charge in [-0.25, -0.2) is 0 Å². The highest BCUT2D eigenvalue weighted by atomic mass is 35.5. The summed E-state index contributed by atoms with van der Waals surface area (Å²) < 4.78 is 0. The molecule has 0 aliphatic carbocycles. The Kier molecular flexibility index (Phi) is 4.95. The lowest BCUT2D eigenvalue weighted by Crippen LogP contribution is -2.28. The molecule has 0 aliphatic rings. The topological polar surface area (TPSA) is 62.2 Å². The number of hydrogen-bond donors (Lipinski definition) is 2. The van der Waals surface area contributed by atoms with Gasteiger partial charge in [0.05, 0.1) is 11.7 Å². The summed E-state index contributed by atoms with van der Waals surface area (Å²) in [4.78, 5) is 15.7. The molecule has 0 saturated carbocycles. The lowest BCUT2D eigenvalue weighted by Gasteiger charge is -2.15. The van der Waals surface area contributed by atoms with Crippen LogP contribution in [-0.2, 0) is 0 Å². The van der Waals surface area contributed by atoms with Gasteiger partial charge in [0.15, 0.2) is 0 Å². The Balaban J connectivity index is 2.02. The van der Waals surface area contributed by atoms with Gasteiger partial charge in [0, 0.05) is 34.5 Å². The number of pyridine rings is 1. The lowest BCUT2D eigenvalue weighted by atomic mass is 10.1. The highest BCUT2D eigenvalue weighted by Gasteiger charge is 2.16. The SMILES string of the molecule is O=C(NC[C@H](O)c1c(Cl)cccc1Cl)c1cccnc1. The number of hydrogen-bond acceptors (Lipinski definition) is 3. The van der Waals surface area contributed by atoms with E-state index in [1.165, 1.54) is 6.20 Å². The van der Waals surface area contributed by atoms with Crippen LogP contribution in [0.3, 0.4) is 0 Å². The maximum absolute atomic E-state index is 11.8. The van der Waals surface area contributed by atoms with Crippen molar-refractivity contribution in [1.82, 2.24) is 10.3 Å². The molecule has 2 aromatic rings. The van der Waals surface area contributed by atoms with Crippen LogP contribution in [0.1, 0.15) is 22.0 Å². The molecule has 0 unspecified atom stereocenters. The van der Waals surface area contributed by atoms with Gasteiger partial charge in [-0.3, -0.25) is 9.78 Å². The zero-order chi connectivity index (χ0) is 14.5. The van der Waals surface area contributed by atoms with Crippen LogP contribution in [0.25, 0.3) is 0 Å². The molecule has 2 rings (SSSR count). The summed E-state index contributed by atoms with van der Waals surface area (Å²) in [5.74, 6) is -0.319. The fraction of sp³-hybridized carbons (Fsp3) is 0.143. The van der Waals surface area contributed by atoms with Gasteiger partial charge in [-0.1, -0.05) is 29.3 Å². The second-order valence-corrected chi connectivity index (χ2v) is 4.92. The van der Waals surface area contributed by atoms with E-state index in [2.05, 4.69) is 10.3 Å². The molecular formula is C14H12Cl2N2O2. The van der Waals surface area contributed by atoms with Crippen LogP contribution < -0.4 is 5.32 Å². The maximum atomic E-state index is 11.8. The van der Waals surface area contributed by atoms with Crippen LogP contribution in [0.5, 0.6) is 0 Å². The number of nitrogens with one attached hydrogen (secondary N) is 1. The van der Waals surface area contributed by atoms with Crippen LogP contribution in [0, 0.1) is 0 Å². The molecule has 1 aromatic heterocycles. The Hall–Kier alpha value is -1.62. The highest BCUT2D eigenvalue weighted by Crippen LogP contribution is 2.29. The summed E-state index contributed by atoms with van der Waals surface area (Å²) in [6.45, 7) is 0.0111. The number of nitrogens with zero attached hydrogens (tertiary/aromatic N) is 1. The number of benzene rings is 1. The quantitative estimate of drug-likeness (QED) is 0.912. The summed E-state index contributed by atoms with van der Waals surface area (Å²) in [5, 5.41) is 13.4. The van der Waals surface area contributed by atoms with Crippen LogP contribution >= 0.6 is 23.2 Å². The van der Waals surface area contributed by atoms with Gasteiger partial charge in [-0.2, -0.15) is 0 Å². The Morgan fingerprint density at radius 2 is 1.95 bits per heavy atom. The first kappa shape index (κ1) is 14.8. The summed E-state index contributed by atoms with van der Waals surface area (Å²) in [6, 6.07) is 8.26. The fourth-order valence-electron chi connectivity index (χ4n) is 1.72. The van der Waals surface area contributed by atoms with E-state index in [9.17, 15) is 9.90 Å². The van der Waals surface area contributed by atoms with Crippen LogP contribution in [0.2, 0.25) is 10.0 Å². The molecule has 1 amide bonds. The Morgan fingerprint density at radius 3 is 2.55 bits per heavy atom. The average molecular weight is 311 g/mol. The summed E-state index contributed by atoms with van der Waals surface area (Å²) in [6.07, 6.45) is 2.05. The van der Waals surface area contributed by atoms with Crippen molar-refractivity contribution in [3.63, 3.8) is 0 Å². The van der Waals surface area contributed by atoms with E-state index in [-0.39, 0.29) is 12.5 Å². The third-order valence-corrected chi connectivity index (χ3v) is 3.37. The standard InChI is InChI=1S/C14H12Cl2N2O2/c15-10-4-1-5-11(16)13(10)12(19)8-18-14(20)9-3-2-6-17-7-9/h1-7,12,19H,8H2,(H,18,20)/t12-/m0/s1. The molecule has 4 nitrogen and oxygen atoms in total. The molecule has 104 valence electrons. The molecule has 0 bridgehead atoms. The third kappa shape index (κ3) is 3.48. The molecule has 0 fully saturated rings. The summed E-state index contributed by atoms with van der Waals surface area (Å²) in [5.41, 5.74) is 0.826. The normalized spacial score (nSPS) is 11.9. The van der Waals surface area contributed by atoms with Crippen molar-refractivity contribution in [2.45, 2.75) is 6.10 Å². The van der Waals surface area contributed by atoms with Gasteiger partial charge in [0.25, 0.3) is 5.91 Å². The second-order valence-electron chi connectivity index (χ2n) is 4.10. The van der Waals surface area contributed by atoms with Crippen molar-refractivity contribution < 1.29 is 9.90 Å². The first-order valence-electron chi connectivity index (χ1n) is 5.90. The number of amides is 1. The van der Waals surface area contributed by atoms with E-state index in [4.69, 9.17) is 23.2 Å². The lowest BCUT2D eigenvalue weighted by molar-refractivity contribution is 0.0916. The predicted octanol–water partition coefficient (Wildman–Crippen LogP) is 2.85. The zero-order valence-corrected chi connectivity index (χ0v) is 11.9. The molecule has 0 saturated heterocycles. The Bertz CT molecular complexity index is 585. The van der Waals surface area contributed by atoms with Crippen LogP contribution in [-0.4, -0.2) is 22.5 Å². The van der Waals surface area contributed by atoms with Crippen molar-refractivity contribution in [3.8, 4) is 0 Å². The molecule has 1 aromatic carbocycles. The molecule has 0 spiro atoms. The zero-order valence-electron chi connectivity index (χ0n) is 10.4. The Morgan fingerprint density at radius 1 is 1.25 bits per heavy atom. The van der Waals surface area contributed by atoms with E-state index in [0.717, 1.165) is 0 Å². The van der Waals surface area contributed by atoms with Gasteiger partial charge >= 0.3 is 0 Å². The van der Waals surface area contributed by atoms with Crippen molar-refractivity contribution in [2.24, 2.45) is 0 Å². The van der Waals surface area contributed by atoms with Crippen LogP contribution in [0.4, 0.5) is 0 Å². The highest BCUT2D eigenvalue weighted by molar-refractivity contribution is 6.36. The molecule has 2 N–H and O–H groups in total. The van der Waals surface area contributed by atoms with Crippen molar-refractivity contribution in [2.75, 3.05) is 6.54 Å². The summed E-state index contributed by atoms with van der Waals surface area (Å²) >= 11 is 12.0. The molecule has 20 heavy (non-hydrogen) atoms. The summed E-state index contributed by atoms with van der Waals surface area (Å²) in [7, 11) is 0. The second kappa shape index (κ2) is 6.70. The largest absolute Gasteiger partial charge is 0.386 e. The number of rotatable bonds is 4. The molecule has 6 heteroatoms. The first-order valence-corrected chi connectivity index (χ1v) is 6.65. The van der Waals surface area contributed by atoms with Gasteiger partial charge in [-0.05, 0) is 24.3 Å². The number of carbonyl (C=O) groups excluding carboxylic acids is 1. The van der Waals surface area contributed by atoms with Gasteiger partial charge in [0.2, 0.25) is 0 Å². The monoisotopic (exact) mass is 310 g/mol. The van der Waals surface area contributed by atoms with Gasteiger partial charge in [0.1, 0.15) is 0 Å². The van der Waals surface area contributed by atoms with E-state index >= 15 is 0 Å². The third-order valence-electron chi connectivity index (χ3n) is 2.71. The molecule has 1 atom stereocenters. The van der Waals surface area contributed by atoms with Crippen molar-refractivity contribution in [1.29, 1.82) is 0 Å². The minimum atomic E-state index is -0.975. The minimum absolute atomic E-state index is 0.0111. The smallest absolute Gasteiger partial charge is 0.252 e. The molecule has 0 aliphatic heterocycles. The predicted molar refractivity (Wildman–Crippen MR) is 78.0 cm³/mol. The maximum Gasteiger partial charge on any atom is 0.252 e. The van der Waals surface area contributed by atoms with E-state index in [1.54, 1.807) is 36.5 Å². The Labute approximate surface area is 126 Å². The minimum Gasteiger partial charge on any atom is -0.386 e. The van der Waals surface area contributed by atoms with E-state index in [0.29, 0.717) is 21.2 Å². The number of carbonyl (C=O) groups is 1. The van der Waals surface area contributed by atoms with Gasteiger partial charge in [-0.15, -0.1) is 0 Å².